The van der Waals surface area contributed by atoms with Gasteiger partial charge in [0.15, 0.2) is 0 Å². The molecule has 1 aliphatic rings. The van der Waals surface area contributed by atoms with E-state index >= 15 is 0 Å². The predicted molar refractivity (Wildman–Crippen MR) is 106 cm³/mol. The molecule has 0 saturated heterocycles. The Labute approximate surface area is 145 Å². The first-order chi connectivity index (χ1) is 11.7. The van der Waals surface area contributed by atoms with Crippen LogP contribution in [0.15, 0.2) is 84.9 Å². The minimum Gasteiger partial charge on any atom is -0.0651 e. The van der Waals surface area contributed by atoms with Crippen LogP contribution in [0.25, 0.3) is 10.8 Å². The van der Waals surface area contributed by atoms with Gasteiger partial charge in [0.25, 0.3) is 0 Å². The van der Waals surface area contributed by atoms with Crippen LogP contribution in [0, 0.1) is 0 Å². The van der Waals surface area contributed by atoms with Gasteiger partial charge in [-0.05, 0) is 39.1 Å². The second-order valence-corrected chi connectivity index (χ2v) is 11.8. The summed E-state index contributed by atoms with van der Waals surface area (Å²) in [5.41, 5.74) is 7.09. The highest BCUT2D eigenvalue weighted by Crippen LogP contribution is 2.44. The zero-order chi connectivity index (χ0) is 16.6. The average molecular weight is 327 g/mol. The van der Waals surface area contributed by atoms with Gasteiger partial charge in [0, 0.05) is 0 Å². The van der Waals surface area contributed by atoms with Gasteiger partial charge in [0.05, 0.1) is 8.07 Å². The number of benzene rings is 3. The molecule has 0 unspecified atom stereocenters. The van der Waals surface area contributed by atoms with Crippen molar-refractivity contribution in [2.45, 2.75) is 19.1 Å². The second kappa shape index (κ2) is 5.92. The Hall–Kier alpha value is -2.38. The Balaban J connectivity index is 2.09. The highest BCUT2D eigenvalue weighted by Gasteiger charge is 2.35. The van der Waals surface area contributed by atoms with Gasteiger partial charge in [-0.15, -0.1) is 0 Å². The molecular formula is C23H22Si. The van der Waals surface area contributed by atoms with Crippen LogP contribution in [-0.2, 0) is 6.04 Å². The summed E-state index contributed by atoms with van der Waals surface area (Å²) in [6, 6.07) is 32.1. The SMILES string of the molecule is C[Si]1(C)Cc2ccccc2C(c2ccccc2)=C1c1ccccc1. The molecule has 0 saturated carbocycles. The maximum absolute atomic E-state index is 2.51. The molecule has 0 atom stereocenters. The molecule has 1 heterocycles. The van der Waals surface area contributed by atoms with Crippen LogP contribution in [0.2, 0.25) is 13.1 Å². The first-order valence-electron chi connectivity index (χ1n) is 8.61. The Kier molecular flexibility index (Phi) is 3.74. The molecule has 3 aromatic carbocycles. The van der Waals surface area contributed by atoms with Crippen LogP contribution >= 0.6 is 0 Å². The standard InChI is InChI=1S/C23H22Si/c1-24(2)17-20-15-9-10-16-21(20)22(18-11-5-3-6-12-18)23(24)19-13-7-4-8-14-19/h3-16H,17H2,1-2H3. The van der Waals surface area contributed by atoms with Crippen LogP contribution in [0.1, 0.15) is 22.3 Å². The van der Waals surface area contributed by atoms with Crippen LogP contribution in [0.4, 0.5) is 0 Å². The largest absolute Gasteiger partial charge is 0.0865 e. The summed E-state index contributed by atoms with van der Waals surface area (Å²) < 4.78 is 0. The van der Waals surface area contributed by atoms with Crippen LogP contribution in [-0.4, -0.2) is 8.07 Å². The van der Waals surface area contributed by atoms with Gasteiger partial charge in [-0.1, -0.05) is 98.0 Å². The Bertz CT molecular complexity index is 890. The topological polar surface area (TPSA) is 0 Å². The lowest BCUT2D eigenvalue weighted by Crippen LogP contribution is -2.36. The van der Waals surface area contributed by atoms with E-state index in [4.69, 9.17) is 0 Å². The lowest BCUT2D eigenvalue weighted by molar-refractivity contribution is 1.28. The summed E-state index contributed by atoms with van der Waals surface area (Å²) in [5, 5.41) is 1.59. The van der Waals surface area contributed by atoms with Gasteiger partial charge in [0.1, 0.15) is 0 Å². The third-order valence-corrected chi connectivity index (χ3v) is 8.13. The molecule has 0 fully saturated rings. The van der Waals surface area contributed by atoms with Crippen molar-refractivity contribution in [1.82, 2.24) is 0 Å². The van der Waals surface area contributed by atoms with Crippen LogP contribution in [0.5, 0.6) is 0 Å². The molecule has 24 heavy (non-hydrogen) atoms. The normalized spacial score (nSPS) is 15.9. The Morgan fingerprint density at radius 3 is 1.83 bits per heavy atom. The van der Waals surface area contributed by atoms with Crippen molar-refractivity contribution in [1.29, 1.82) is 0 Å². The summed E-state index contributed by atoms with van der Waals surface area (Å²) in [6.45, 7) is 5.02. The summed E-state index contributed by atoms with van der Waals surface area (Å²) in [5.74, 6) is 0. The minimum atomic E-state index is -1.58. The first kappa shape index (κ1) is 15.2. The maximum Gasteiger partial charge on any atom is 0.0865 e. The van der Waals surface area contributed by atoms with Gasteiger partial charge in [-0.3, -0.25) is 0 Å². The van der Waals surface area contributed by atoms with E-state index in [9.17, 15) is 0 Å². The van der Waals surface area contributed by atoms with Gasteiger partial charge < -0.3 is 0 Å². The molecular weight excluding hydrogens is 304 g/mol. The molecule has 0 radical (unpaired) electrons. The number of hydrogen-bond donors (Lipinski definition) is 0. The van der Waals surface area contributed by atoms with E-state index in [1.54, 1.807) is 5.20 Å². The lowest BCUT2D eigenvalue weighted by atomic mass is 9.92. The summed E-state index contributed by atoms with van der Waals surface area (Å²) in [6.07, 6.45) is 0. The van der Waals surface area contributed by atoms with Gasteiger partial charge in [0.2, 0.25) is 0 Å². The van der Waals surface area contributed by atoms with E-state index in [2.05, 4.69) is 98.0 Å². The zero-order valence-electron chi connectivity index (χ0n) is 14.3. The van der Waals surface area contributed by atoms with Crippen LogP contribution in [0.3, 0.4) is 0 Å². The van der Waals surface area contributed by atoms with Crippen molar-refractivity contribution >= 4 is 18.8 Å². The highest BCUT2D eigenvalue weighted by molar-refractivity contribution is 6.96. The van der Waals surface area contributed by atoms with E-state index in [0.717, 1.165) is 0 Å². The monoisotopic (exact) mass is 326 g/mol. The van der Waals surface area contributed by atoms with Crippen molar-refractivity contribution < 1.29 is 0 Å². The van der Waals surface area contributed by atoms with Gasteiger partial charge >= 0.3 is 0 Å². The van der Waals surface area contributed by atoms with Crippen LogP contribution < -0.4 is 0 Å². The Morgan fingerprint density at radius 2 is 1.17 bits per heavy atom. The molecule has 0 bridgehead atoms. The number of fused-ring (bicyclic) bond motifs is 1. The fourth-order valence-corrected chi connectivity index (χ4v) is 7.34. The molecule has 4 rings (SSSR count). The molecule has 1 heteroatoms. The van der Waals surface area contributed by atoms with Crippen molar-refractivity contribution in [3.05, 3.63) is 107 Å². The fraction of sp³-hybridized carbons (Fsp3) is 0.130. The molecule has 1 aliphatic heterocycles. The van der Waals surface area contributed by atoms with Gasteiger partial charge in [-0.25, -0.2) is 0 Å². The molecule has 0 spiro atoms. The van der Waals surface area contributed by atoms with Crippen molar-refractivity contribution in [2.24, 2.45) is 0 Å². The molecule has 0 aliphatic carbocycles. The average Bonchev–Trinajstić information content (AvgIpc) is 2.61. The van der Waals surface area contributed by atoms with E-state index in [1.165, 1.54) is 33.9 Å². The number of hydrogen-bond acceptors (Lipinski definition) is 0. The molecule has 0 aromatic heterocycles. The molecule has 0 nitrogen and oxygen atoms in total. The molecule has 0 N–H and O–H groups in total. The van der Waals surface area contributed by atoms with Crippen molar-refractivity contribution in [3.63, 3.8) is 0 Å². The van der Waals surface area contributed by atoms with Crippen molar-refractivity contribution in [3.8, 4) is 0 Å². The van der Waals surface area contributed by atoms with E-state index < -0.39 is 8.07 Å². The summed E-state index contributed by atoms with van der Waals surface area (Å²) >= 11 is 0. The smallest absolute Gasteiger partial charge is 0.0651 e. The van der Waals surface area contributed by atoms with E-state index in [-0.39, 0.29) is 0 Å². The van der Waals surface area contributed by atoms with E-state index in [1.807, 2.05) is 0 Å². The van der Waals surface area contributed by atoms with Gasteiger partial charge in [-0.2, -0.15) is 0 Å². The molecule has 118 valence electrons. The predicted octanol–water partition coefficient (Wildman–Crippen LogP) is 5.99. The minimum absolute atomic E-state index is 1.21. The van der Waals surface area contributed by atoms with E-state index in [0.29, 0.717) is 0 Å². The Morgan fingerprint density at radius 1 is 0.625 bits per heavy atom. The number of rotatable bonds is 2. The van der Waals surface area contributed by atoms with Crippen molar-refractivity contribution in [2.75, 3.05) is 0 Å². The maximum atomic E-state index is 2.51. The highest BCUT2D eigenvalue weighted by atomic mass is 28.3. The fourth-order valence-electron chi connectivity index (χ4n) is 4.00. The summed E-state index contributed by atoms with van der Waals surface area (Å²) in [4.78, 5) is 0. The second-order valence-electron chi connectivity index (χ2n) is 7.20. The third kappa shape index (κ3) is 2.55. The molecule has 3 aromatic rings. The lowest BCUT2D eigenvalue weighted by Gasteiger charge is -2.36. The summed E-state index contributed by atoms with van der Waals surface area (Å²) in [7, 11) is -1.58. The quantitative estimate of drug-likeness (QED) is 0.507. The molecule has 0 amide bonds. The zero-order valence-corrected chi connectivity index (χ0v) is 15.3. The first-order valence-corrected chi connectivity index (χ1v) is 11.8. The third-order valence-electron chi connectivity index (χ3n) is 4.97.